The first-order valence-electron chi connectivity index (χ1n) is 11.9. The van der Waals surface area contributed by atoms with Crippen molar-refractivity contribution in [2.45, 2.75) is 0 Å². The quantitative estimate of drug-likeness (QED) is 0.241. The zero-order valence-electron chi connectivity index (χ0n) is 20.1. The first-order valence-corrected chi connectivity index (χ1v) is 11.9. The molecule has 0 atom stereocenters. The van der Waals surface area contributed by atoms with Gasteiger partial charge in [-0.1, -0.05) is 43.0 Å². The van der Waals surface area contributed by atoms with Crippen LogP contribution in [0.25, 0.3) is 60.6 Å². The molecule has 4 aromatic heterocycles. The van der Waals surface area contributed by atoms with Crippen LogP contribution in [0.15, 0.2) is 109 Å². The molecule has 6 heteroatoms. The third-order valence-corrected chi connectivity index (χ3v) is 6.26. The van der Waals surface area contributed by atoms with E-state index < -0.39 is 0 Å². The summed E-state index contributed by atoms with van der Waals surface area (Å²) in [5, 5.41) is 11.4. The number of pyridine rings is 4. The van der Waals surface area contributed by atoms with Gasteiger partial charge in [0, 0.05) is 22.9 Å². The molecule has 0 spiro atoms. The van der Waals surface area contributed by atoms with Gasteiger partial charge in [-0.3, -0.25) is 0 Å². The van der Waals surface area contributed by atoms with Gasteiger partial charge in [0.05, 0.1) is 22.8 Å². The molecule has 0 aliphatic carbocycles. The highest BCUT2D eigenvalue weighted by Crippen LogP contribution is 2.30. The van der Waals surface area contributed by atoms with Crippen molar-refractivity contribution >= 4 is 16.6 Å². The molecule has 6 nitrogen and oxygen atoms in total. The highest BCUT2D eigenvalue weighted by Gasteiger charge is 2.09. The van der Waals surface area contributed by atoms with Crippen molar-refractivity contribution in [1.29, 1.82) is 5.26 Å². The van der Waals surface area contributed by atoms with Crippen LogP contribution in [0.3, 0.4) is 0 Å². The molecule has 0 bridgehead atoms. The van der Waals surface area contributed by atoms with Crippen LogP contribution >= 0.6 is 0 Å². The lowest BCUT2D eigenvalue weighted by molar-refractivity contribution is 1.25. The zero-order valence-corrected chi connectivity index (χ0v) is 20.1. The van der Waals surface area contributed by atoms with Crippen LogP contribution in [-0.4, -0.2) is 19.9 Å². The third-order valence-electron chi connectivity index (χ3n) is 6.26. The molecule has 0 saturated heterocycles. The highest BCUT2D eigenvalue weighted by atomic mass is 14.9. The summed E-state index contributed by atoms with van der Waals surface area (Å²) in [6.45, 7) is 7.22. The second kappa shape index (κ2) is 9.73. The molecule has 0 unspecified atom stereocenters. The maximum Gasteiger partial charge on any atom is 0.270 e. The van der Waals surface area contributed by atoms with E-state index in [4.69, 9.17) is 16.5 Å². The van der Waals surface area contributed by atoms with Gasteiger partial charge in [-0.2, -0.15) is 5.26 Å². The molecular formula is C32H18N6. The van der Waals surface area contributed by atoms with Gasteiger partial charge in [-0.25, -0.2) is 15.0 Å². The fraction of sp³-hybridized carbons (Fsp3) is 0. The van der Waals surface area contributed by atoms with Crippen LogP contribution in [0.1, 0.15) is 5.69 Å². The van der Waals surface area contributed by atoms with Crippen LogP contribution < -0.4 is 0 Å². The molecule has 2 aromatic carbocycles. The molecule has 176 valence electrons. The summed E-state index contributed by atoms with van der Waals surface area (Å²) in [6.07, 6.45) is 3.26. The monoisotopic (exact) mass is 486 g/mol. The zero-order chi connectivity index (χ0) is 25.9. The lowest BCUT2D eigenvalue weighted by Gasteiger charge is -2.09. The predicted octanol–water partition coefficient (Wildman–Crippen LogP) is 7.51. The maximum atomic E-state index is 9.17. The Balaban J connectivity index is 1.33. The molecule has 0 saturated carbocycles. The van der Waals surface area contributed by atoms with E-state index in [2.05, 4.69) is 57.3 Å². The largest absolute Gasteiger partial charge is 0.361 e. The Labute approximate surface area is 219 Å². The Bertz CT molecular complexity index is 1770. The summed E-state index contributed by atoms with van der Waals surface area (Å²) >= 11 is 0. The Morgan fingerprint density at radius 3 is 1.61 bits per heavy atom. The van der Waals surface area contributed by atoms with Crippen LogP contribution in [0, 0.1) is 17.9 Å². The molecule has 0 aliphatic rings. The minimum absolute atomic E-state index is 0.351. The predicted molar refractivity (Wildman–Crippen MR) is 148 cm³/mol. The molecule has 4 heterocycles. The molecule has 6 rings (SSSR count). The first kappa shape index (κ1) is 22.7. The first-order chi connectivity index (χ1) is 18.7. The van der Waals surface area contributed by atoms with E-state index in [0.717, 1.165) is 55.8 Å². The van der Waals surface area contributed by atoms with Gasteiger partial charge < -0.3 is 4.85 Å². The number of fused-ring (bicyclic) bond motifs is 1. The van der Waals surface area contributed by atoms with E-state index in [9.17, 15) is 5.26 Å². The van der Waals surface area contributed by atoms with Gasteiger partial charge in [0.2, 0.25) is 0 Å². The van der Waals surface area contributed by atoms with Crippen molar-refractivity contribution in [2.75, 3.05) is 0 Å². The highest BCUT2D eigenvalue weighted by molar-refractivity contribution is 5.90. The van der Waals surface area contributed by atoms with Crippen LogP contribution in [0.5, 0.6) is 0 Å². The Morgan fingerprint density at radius 2 is 1.08 bits per heavy atom. The van der Waals surface area contributed by atoms with Crippen molar-refractivity contribution in [3.05, 3.63) is 127 Å². The number of aromatic nitrogens is 4. The van der Waals surface area contributed by atoms with Gasteiger partial charge >= 0.3 is 0 Å². The molecule has 0 amide bonds. The molecule has 0 radical (unpaired) electrons. The smallest absolute Gasteiger partial charge is 0.270 e. The summed E-state index contributed by atoms with van der Waals surface area (Å²) < 4.78 is 0. The Morgan fingerprint density at radius 1 is 0.579 bits per heavy atom. The van der Waals surface area contributed by atoms with Crippen molar-refractivity contribution < 1.29 is 0 Å². The van der Waals surface area contributed by atoms with Gasteiger partial charge in [-0.15, -0.1) is 4.98 Å². The van der Waals surface area contributed by atoms with Crippen LogP contribution in [0.4, 0.5) is 5.82 Å². The molecular weight excluding hydrogens is 468 g/mol. The number of rotatable bonds is 4. The molecule has 0 aliphatic heterocycles. The van der Waals surface area contributed by atoms with E-state index >= 15 is 0 Å². The second-order valence-electron chi connectivity index (χ2n) is 8.65. The fourth-order valence-electron chi connectivity index (χ4n) is 4.37. The SMILES string of the molecule is [C-]#[N+]c1cc(-c2cccc(-c3ccc4cc(-c5cccc(-c6ccnc(C#N)c6)n5)ccc4c3)n2)ccn1. The number of nitrogens with zero attached hydrogens (tertiary/aromatic N) is 6. The minimum atomic E-state index is 0.351. The van der Waals surface area contributed by atoms with E-state index in [1.54, 1.807) is 24.5 Å². The average Bonchev–Trinajstić information content (AvgIpc) is 3.00. The summed E-state index contributed by atoms with van der Waals surface area (Å²) in [6, 6.07) is 33.7. The third kappa shape index (κ3) is 4.46. The van der Waals surface area contributed by atoms with E-state index in [1.807, 2.05) is 48.5 Å². The van der Waals surface area contributed by atoms with Crippen LogP contribution in [0.2, 0.25) is 0 Å². The average molecular weight is 487 g/mol. The second-order valence-corrected chi connectivity index (χ2v) is 8.65. The van der Waals surface area contributed by atoms with Crippen molar-refractivity contribution in [2.24, 2.45) is 0 Å². The number of hydrogen-bond acceptors (Lipinski definition) is 5. The number of benzene rings is 2. The van der Waals surface area contributed by atoms with Crippen LogP contribution in [-0.2, 0) is 0 Å². The normalized spacial score (nSPS) is 10.6. The minimum Gasteiger partial charge on any atom is -0.361 e. The van der Waals surface area contributed by atoms with Crippen molar-refractivity contribution in [3.63, 3.8) is 0 Å². The Hall–Kier alpha value is -5.72. The Kier molecular flexibility index (Phi) is 5.82. The van der Waals surface area contributed by atoms with Gasteiger partial charge in [0.15, 0.2) is 0 Å². The summed E-state index contributed by atoms with van der Waals surface area (Å²) in [7, 11) is 0. The van der Waals surface area contributed by atoms with Gasteiger partial charge in [0.25, 0.3) is 5.82 Å². The maximum absolute atomic E-state index is 9.17. The lowest BCUT2D eigenvalue weighted by Crippen LogP contribution is -1.90. The number of hydrogen-bond donors (Lipinski definition) is 0. The van der Waals surface area contributed by atoms with Crippen molar-refractivity contribution in [3.8, 4) is 51.1 Å². The number of nitriles is 1. The van der Waals surface area contributed by atoms with Crippen molar-refractivity contribution in [1.82, 2.24) is 19.9 Å². The van der Waals surface area contributed by atoms with Gasteiger partial charge in [0.1, 0.15) is 18.0 Å². The molecule has 6 aromatic rings. The summed E-state index contributed by atoms with van der Waals surface area (Å²) in [5.74, 6) is 0.351. The topological polar surface area (TPSA) is 79.7 Å². The van der Waals surface area contributed by atoms with E-state index in [0.29, 0.717) is 11.5 Å². The lowest BCUT2D eigenvalue weighted by atomic mass is 10.0. The molecule has 38 heavy (non-hydrogen) atoms. The van der Waals surface area contributed by atoms with Gasteiger partial charge in [-0.05, 0) is 77.0 Å². The fourth-order valence-corrected chi connectivity index (χ4v) is 4.37. The molecule has 0 fully saturated rings. The van der Waals surface area contributed by atoms with E-state index in [-0.39, 0.29) is 0 Å². The molecule has 0 N–H and O–H groups in total. The summed E-state index contributed by atoms with van der Waals surface area (Å²) in [5.41, 5.74) is 7.41. The van der Waals surface area contributed by atoms with E-state index in [1.165, 1.54) is 0 Å². The standard InChI is InChI=1S/C32H18N6/c1-34-32-19-26(13-15-36-32)31-7-3-5-29(38-31)24-11-9-21-16-23(10-8-22(21)17-24)28-4-2-6-30(37-28)25-12-14-35-27(18-25)20-33/h2-19H. The summed E-state index contributed by atoms with van der Waals surface area (Å²) in [4.78, 5) is 21.2.